The van der Waals surface area contributed by atoms with E-state index in [1.165, 1.54) is 0 Å². The molecule has 1 saturated carbocycles. The molecule has 0 bridgehead atoms. The van der Waals surface area contributed by atoms with Gasteiger partial charge in [-0.1, -0.05) is 47.5 Å². The third kappa shape index (κ3) is 10.6. The minimum absolute atomic E-state index is 0.296. The van der Waals surface area contributed by atoms with Gasteiger partial charge in [-0.05, 0) is 61.1 Å². The first-order valence-electron chi connectivity index (χ1n) is 11.9. The Balaban J connectivity index is 1.19. The molecule has 0 aromatic heterocycles. The second-order valence-electron chi connectivity index (χ2n) is 8.96. The zero-order valence-corrected chi connectivity index (χ0v) is 21.0. The van der Waals surface area contributed by atoms with E-state index in [0.717, 1.165) is 36.8 Å². The van der Waals surface area contributed by atoms with Crippen LogP contribution in [0.1, 0.15) is 36.8 Å². The number of aliphatic hydroxyl groups excluding tert-OH is 2. The summed E-state index contributed by atoms with van der Waals surface area (Å²) in [6.45, 7) is 2.56. The summed E-state index contributed by atoms with van der Waals surface area (Å²) in [5.74, 6) is 0. The monoisotopic (exact) mass is 510 g/mol. The van der Waals surface area contributed by atoms with E-state index in [-0.39, 0.29) is 0 Å². The standard InChI is InChI=1S/C26H36Cl2N2O4/c27-21-5-1-19(2-6-21)15-33-17-25(31)13-29-23-9-11-24(12-10-23)30-14-26(32)18-34-16-20-3-7-22(28)8-4-20/h1-8,23-26,29-32H,9-18H2/t23?,24?,25-,26+. The van der Waals surface area contributed by atoms with Crippen LogP contribution in [0.25, 0.3) is 0 Å². The third-order valence-corrected chi connectivity index (χ3v) is 6.50. The topological polar surface area (TPSA) is 83.0 Å². The van der Waals surface area contributed by atoms with Gasteiger partial charge in [0.1, 0.15) is 0 Å². The van der Waals surface area contributed by atoms with Gasteiger partial charge in [0.05, 0.1) is 38.6 Å². The summed E-state index contributed by atoms with van der Waals surface area (Å²) in [7, 11) is 0. The van der Waals surface area contributed by atoms with E-state index in [1.807, 2.05) is 48.5 Å². The molecule has 188 valence electrons. The maximum Gasteiger partial charge on any atom is 0.0897 e. The van der Waals surface area contributed by atoms with E-state index in [4.69, 9.17) is 32.7 Å². The number of halogens is 2. The first-order valence-corrected chi connectivity index (χ1v) is 12.7. The van der Waals surface area contributed by atoms with Crippen LogP contribution in [0.5, 0.6) is 0 Å². The van der Waals surface area contributed by atoms with Crippen LogP contribution < -0.4 is 10.6 Å². The zero-order valence-electron chi connectivity index (χ0n) is 19.5. The molecule has 2 atom stereocenters. The first-order chi connectivity index (χ1) is 16.5. The Bertz CT molecular complexity index is 745. The van der Waals surface area contributed by atoms with E-state index < -0.39 is 12.2 Å². The van der Waals surface area contributed by atoms with Crippen LogP contribution >= 0.6 is 23.2 Å². The summed E-state index contributed by atoms with van der Waals surface area (Å²) in [6.07, 6.45) is 3.09. The minimum atomic E-state index is -0.536. The number of ether oxygens (including phenoxy) is 2. The molecule has 0 unspecified atom stereocenters. The van der Waals surface area contributed by atoms with Crippen molar-refractivity contribution in [3.63, 3.8) is 0 Å². The highest BCUT2D eigenvalue weighted by Crippen LogP contribution is 2.19. The normalized spacial score (nSPS) is 20.2. The van der Waals surface area contributed by atoms with Gasteiger partial charge < -0.3 is 30.3 Å². The van der Waals surface area contributed by atoms with Crippen molar-refractivity contribution in [1.82, 2.24) is 10.6 Å². The van der Waals surface area contributed by atoms with Crippen molar-refractivity contribution >= 4 is 23.2 Å². The molecule has 6 nitrogen and oxygen atoms in total. The van der Waals surface area contributed by atoms with Crippen molar-refractivity contribution < 1.29 is 19.7 Å². The van der Waals surface area contributed by atoms with Crippen LogP contribution in [0.3, 0.4) is 0 Å². The molecule has 4 N–H and O–H groups in total. The van der Waals surface area contributed by atoms with Gasteiger partial charge in [0.15, 0.2) is 0 Å². The molecule has 34 heavy (non-hydrogen) atoms. The highest BCUT2D eigenvalue weighted by Gasteiger charge is 2.21. The molecule has 1 aliphatic carbocycles. The highest BCUT2D eigenvalue weighted by atomic mass is 35.5. The lowest BCUT2D eigenvalue weighted by Crippen LogP contribution is -2.44. The predicted molar refractivity (Wildman–Crippen MR) is 136 cm³/mol. The molecule has 0 spiro atoms. The summed E-state index contributed by atoms with van der Waals surface area (Å²) in [4.78, 5) is 0. The van der Waals surface area contributed by atoms with E-state index in [0.29, 0.717) is 61.6 Å². The molecule has 8 heteroatoms. The van der Waals surface area contributed by atoms with Crippen molar-refractivity contribution in [2.24, 2.45) is 0 Å². The Morgan fingerprint density at radius 2 is 1.03 bits per heavy atom. The van der Waals surface area contributed by atoms with Crippen molar-refractivity contribution in [1.29, 1.82) is 0 Å². The second kappa shape index (κ2) is 15.0. The summed E-state index contributed by atoms with van der Waals surface area (Å²) in [5.41, 5.74) is 2.07. The Labute approximate surface area is 212 Å². The van der Waals surface area contributed by atoms with Crippen LogP contribution in [-0.4, -0.2) is 60.8 Å². The number of nitrogens with one attached hydrogen (secondary N) is 2. The predicted octanol–water partition coefficient (Wildman–Crippen LogP) is 3.94. The van der Waals surface area contributed by atoms with Crippen LogP contribution in [0.15, 0.2) is 48.5 Å². The molecule has 0 heterocycles. The molecular weight excluding hydrogens is 475 g/mol. The Morgan fingerprint density at radius 1 is 0.676 bits per heavy atom. The second-order valence-corrected chi connectivity index (χ2v) is 9.83. The Morgan fingerprint density at radius 3 is 1.38 bits per heavy atom. The quantitative estimate of drug-likeness (QED) is 0.308. The van der Waals surface area contributed by atoms with Gasteiger partial charge in [-0.2, -0.15) is 0 Å². The molecule has 1 aliphatic rings. The number of aliphatic hydroxyl groups is 2. The van der Waals surface area contributed by atoms with Crippen molar-refractivity contribution in [3.8, 4) is 0 Å². The number of rotatable bonds is 14. The highest BCUT2D eigenvalue weighted by molar-refractivity contribution is 6.30. The lowest BCUT2D eigenvalue weighted by Gasteiger charge is -2.31. The van der Waals surface area contributed by atoms with Gasteiger partial charge in [0, 0.05) is 35.2 Å². The molecular formula is C26H36Cl2N2O4. The van der Waals surface area contributed by atoms with E-state index in [2.05, 4.69) is 10.6 Å². The van der Waals surface area contributed by atoms with Gasteiger partial charge >= 0.3 is 0 Å². The van der Waals surface area contributed by atoms with Crippen LogP contribution in [-0.2, 0) is 22.7 Å². The van der Waals surface area contributed by atoms with E-state index in [1.54, 1.807) is 0 Å². The lowest BCUT2D eigenvalue weighted by atomic mass is 9.91. The van der Waals surface area contributed by atoms with Crippen molar-refractivity contribution in [2.75, 3.05) is 26.3 Å². The molecule has 0 radical (unpaired) electrons. The van der Waals surface area contributed by atoms with Crippen LogP contribution in [0.2, 0.25) is 10.0 Å². The fraction of sp³-hybridized carbons (Fsp3) is 0.538. The van der Waals surface area contributed by atoms with Gasteiger partial charge in [0.25, 0.3) is 0 Å². The van der Waals surface area contributed by atoms with Gasteiger partial charge in [0.2, 0.25) is 0 Å². The minimum Gasteiger partial charge on any atom is -0.389 e. The summed E-state index contributed by atoms with van der Waals surface area (Å²) < 4.78 is 11.2. The molecule has 0 saturated heterocycles. The molecule has 2 aromatic carbocycles. The van der Waals surface area contributed by atoms with Gasteiger partial charge in [-0.15, -0.1) is 0 Å². The molecule has 0 amide bonds. The van der Waals surface area contributed by atoms with Gasteiger partial charge in [-0.3, -0.25) is 0 Å². The fourth-order valence-electron chi connectivity index (χ4n) is 4.01. The molecule has 3 rings (SSSR count). The Hall–Kier alpha value is -1.22. The maximum absolute atomic E-state index is 10.2. The smallest absolute Gasteiger partial charge is 0.0897 e. The van der Waals surface area contributed by atoms with E-state index >= 15 is 0 Å². The molecule has 1 fully saturated rings. The number of hydrogen-bond donors (Lipinski definition) is 4. The first kappa shape index (κ1) is 27.4. The van der Waals surface area contributed by atoms with Crippen LogP contribution in [0.4, 0.5) is 0 Å². The number of benzene rings is 2. The van der Waals surface area contributed by atoms with E-state index in [9.17, 15) is 10.2 Å². The summed E-state index contributed by atoms with van der Waals surface area (Å²) >= 11 is 11.8. The molecule has 0 aliphatic heterocycles. The van der Waals surface area contributed by atoms with Gasteiger partial charge in [-0.25, -0.2) is 0 Å². The zero-order chi connectivity index (χ0) is 24.2. The van der Waals surface area contributed by atoms with Crippen molar-refractivity contribution in [3.05, 3.63) is 69.7 Å². The molecule has 2 aromatic rings. The third-order valence-electron chi connectivity index (χ3n) is 6.00. The number of hydrogen-bond acceptors (Lipinski definition) is 6. The Kier molecular flexibility index (Phi) is 12.1. The fourth-order valence-corrected chi connectivity index (χ4v) is 4.26. The lowest BCUT2D eigenvalue weighted by molar-refractivity contribution is 0.0250. The van der Waals surface area contributed by atoms with Crippen LogP contribution in [0, 0.1) is 0 Å². The average molecular weight is 511 g/mol. The van der Waals surface area contributed by atoms with Crippen molar-refractivity contribution in [2.45, 2.75) is 63.2 Å². The average Bonchev–Trinajstić information content (AvgIpc) is 2.84. The largest absolute Gasteiger partial charge is 0.389 e. The SMILES string of the molecule is O[C@H](CNC1CCC(NC[C@H](O)COCc2ccc(Cl)cc2)CC1)COCc1ccc(Cl)cc1. The summed E-state index contributed by atoms with van der Waals surface area (Å²) in [5, 5.41) is 28.7. The summed E-state index contributed by atoms with van der Waals surface area (Å²) in [6, 6.07) is 15.8. The maximum atomic E-state index is 10.2.